The van der Waals surface area contributed by atoms with Gasteiger partial charge in [0.05, 0.1) is 11.3 Å². The third-order valence-corrected chi connectivity index (χ3v) is 3.91. The molecule has 1 N–H and O–H groups in total. The van der Waals surface area contributed by atoms with Gasteiger partial charge in [0.2, 0.25) is 0 Å². The van der Waals surface area contributed by atoms with Crippen molar-refractivity contribution < 1.29 is 13.2 Å². The molecule has 0 amide bonds. The molecule has 3 rings (SSSR count). The van der Waals surface area contributed by atoms with Crippen LogP contribution >= 0.6 is 0 Å². The minimum Gasteiger partial charge on any atom is -0.309 e. The predicted octanol–water partition coefficient (Wildman–Crippen LogP) is 4.12. The van der Waals surface area contributed by atoms with Crippen LogP contribution in [-0.2, 0) is 12.6 Å². The highest BCUT2D eigenvalue weighted by molar-refractivity contribution is 5.28. The molecule has 2 heterocycles. The molecule has 0 unspecified atom stereocenters. The van der Waals surface area contributed by atoms with Gasteiger partial charge in [0.1, 0.15) is 0 Å². The zero-order valence-corrected chi connectivity index (χ0v) is 12.0. The van der Waals surface area contributed by atoms with Gasteiger partial charge in [-0.3, -0.25) is 4.98 Å². The van der Waals surface area contributed by atoms with Crippen LogP contribution in [0.3, 0.4) is 0 Å². The number of hydrogen-bond donors (Lipinski definition) is 1. The first kappa shape index (κ1) is 15.0. The van der Waals surface area contributed by atoms with Gasteiger partial charge in [-0.15, -0.1) is 0 Å². The fourth-order valence-electron chi connectivity index (χ4n) is 2.75. The van der Waals surface area contributed by atoms with E-state index in [1.807, 2.05) is 18.2 Å². The van der Waals surface area contributed by atoms with E-state index >= 15 is 0 Å². The Kier molecular flexibility index (Phi) is 4.16. The van der Waals surface area contributed by atoms with Gasteiger partial charge in [0, 0.05) is 18.2 Å². The molecule has 1 saturated heterocycles. The van der Waals surface area contributed by atoms with Gasteiger partial charge in [0.15, 0.2) is 0 Å². The largest absolute Gasteiger partial charge is 0.416 e. The van der Waals surface area contributed by atoms with Crippen molar-refractivity contribution in [1.82, 2.24) is 10.3 Å². The average molecular weight is 306 g/mol. The van der Waals surface area contributed by atoms with Crippen LogP contribution in [0.15, 0.2) is 42.5 Å². The highest BCUT2D eigenvalue weighted by Gasteiger charge is 2.29. The molecule has 0 saturated carbocycles. The molecule has 1 fully saturated rings. The second-order valence-electron chi connectivity index (χ2n) is 5.57. The molecule has 0 bridgehead atoms. The molecule has 0 radical (unpaired) electrons. The van der Waals surface area contributed by atoms with Gasteiger partial charge in [-0.25, -0.2) is 0 Å². The third-order valence-electron chi connectivity index (χ3n) is 3.91. The fourth-order valence-corrected chi connectivity index (χ4v) is 2.75. The van der Waals surface area contributed by atoms with E-state index in [1.54, 1.807) is 0 Å². The lowest BCUT2D eigenvalue weighted by Gasteiger charge is -2.11. The Labute approximate surface area is 127 Å². The average Bonchev–Trinajstić information content (AvgIpc) is 3.01. The fraction of sp³-hybridized carbons (Fsp3) is 0.353. The molecule has 0 aliphatic carbocycles. The van der Waals surface area contributed by atoms with E-state index < -0.39 is 11.7 Å². The molecule has 1 atom stereocenters. The summed E-state index contributed by atoms with van der Waals surface area (Å²) < 4.78 is 37.7. The van der Waals surface area contributed by atoms with Gasteiger partial charge < -0.3 is 5.32 Å². The maximum atomic E-state index is 12.6. The maximum absolute atomic E-state index is 12.6. The van der Waals surface area contributed by atoms with Gasteiger partial charge in [0.25, 0.3) is 0 Å². The van der Waals surface area contributed by atoms with Crippen molar-refractivity contribution in [2.24, 2.45) is 0 Å². The van der Waals surface area contributed by atoms with Gasteiger partial charge >= 0.3 is 6.18 Å². The summed E-state index contributed by atoms with van der Waals surface area (Å²) in [4.78, 5) is 4.64. The summed E-state index contributed by atoms with van der Waals surface area (Å²) >= 11 is 0. The number of alkyl halides is 3. The first-order chi connectivity index (χ1) is 10.5. The highest BCUT2D eigenvalue weighted by atomic mass is 19.4. The van der Waals surface area contributed by atoms with Crippen LogP contribution in [-0.4, -0.2) is 11.5 Å². The molecule has 2 aromatic rings. The molecule has 1 aliphatic heterocycles. The van der Waals surface area contributed by atoms with Crippen molar-refractivity contribution in [3.8, 4) is 0 Å². The molecular formula is C17H17F3N2. The smallest absolute Gasteiger partial charge is 0.309 e. The number of nitrogens with zero attached hydrogens (tertiary/aromatic N) is 1. The summed E-state index contributed by atoms with van der Waals surface area (Å²) in [6, 6.07) is 11.5. The number of aromatic nitrogens is 1. The van der Waals surface area contributed by atoms with E-state index in [9.17, 15) is 13.2 Å². The lowest BCUT2D eigenvalue weighted by atomic mass is 10.1. The summed E-state index contributed by atoms with van der Waals surface area (Å²) in [5, 5.41) is 3.40. The monoisotopic (exact) mass is 306 g/mol. The van der Waals surface area contributed by atoms with Crippen molar-refractivity contribution in [2.45, 2.75) is 31.5 Å². The highest BCUT2D eigenvalue weighted by Crippen LogP contribution is 2.29. The second-order valence-corrected chi connectivity index (χ2v) is 5.57. The molecule has 22 heavy (non-hydrogen) atoms. The van der Waals surface area contributed by atoms with Gasteiger partial charge in [-0.2, -0.15) is 13.2 Å². The molecule has 1 aromatic heterocycles. The Morgan fingerprint density at radius 2 is 1.86 bits per heavy atom. The number of pyridine rings is 1. The van der Waals surface area contributed by atoms with Crippen LogP contribution < -0.4 is 5.32 Å². The second kappa shape index (κ2) is 6.08. The number of rotatable bonds is 3. The van der Waals surface area contributed by atoms with Crippen molar-refractivity contribution >= 4 is 0 Å². The lowest BCUT2D eigenvalue weighted by molar-refractivity contribution is -0.137. The summed E-state index contributed by atoms with van der Waals surface area (Å²) in [7, 11) is 0. The van der Waals surface area contributed by atoms with E-state index in [1.165, 1.54) is 12.1 Å². The minimum atomic E-state index is -4.29. The topological polar surface area (TPSA) is 24.9 Å². The van der Waals surface area contributed by atoms with Crippen molar-refractivity contribution in [2.75, 3.05) is 6.54 Å². The standard InChI is InChI=1S/C17H17F3N2/c18-17(19,20)13-8-6-12(7-9-13)11-14-3-1-4-16(22-14)15-5-2-10-21-15/h1,3-4,6-9,15,21H,2,5,10-11H2/t15-/m0/s1. The number of benzene rings is 1. The van der Waals surface area contributed by atoms with E-state index in [0.717, 1.165) is 48.5 Å². The van der Waals surface area contributed by atoms with Crippen LogP contribution in [0.5, 0.6) is 0 Å². The molecule has 5 heteroatoms. The summed E-state index contributed by atoms with van der Waals surface area (Å²) in [5.74, 6) is 0. The first-order valence-electron chi connectivity index (χ1n) is 7.38. The Morgan fingerprint density at radius 1 is 1.09 bits per heavy atom. The van der Waals surface area contributed by atoms with E-state index in [0.29, 0.717) is 12.5 Å². The first-order valence-corrected chi connectivity index (χ1v) is 7.38. The molecule has 2 nitrogen and oxygen atoms in total. The number of halogens is 3. The number of nitrogens with one attached hydrogen (secondary N) is 1. The normalized spacial score (nSPS) is 18.6. The molecule has 116 valence electrons. The third kappa shape index (κ3) is 3.47. The Morgan fingerprint density at radius 3 is 2.50 bits per heavy atom. The van der Waals surface area contributed by atoms with E-state index in [-0.39, 0.29) is 0 Å². The van der Waals surface area contributed by atoms with Crippen LogP contribution in [0, 0.1) is 0 Å². The van der Waals surface area contributed by atoms with Crippen molar-refractivity contribution in [3.05, 3.63) is 65.0 Å². The predicted molar refractivity (Wildman–Crippen MR) is 78.5 cm³/mol. The summed E-state index contributed by atoms with van der Waals surface area (Å²) in [5.41, 5.74) is 2.11. The Bertz CT molecular complexity index is 629. The molecular weight excluding hydrogens is 289 g/mol. The zero-order chi connectivity index (χ0) is 15.6. The van der Waals surface area contributed by atoms with Crippen LogP contribution in [0.2, 0.25) is 0 Å². The SMILES string of the molecule is FC(F)(F)c1ccc(Cc2cccc([C@@H]3CCCN3)n2)cc1. The molecule has 1 aromatic carbocycles. The molecule has 0 spiro atoms. The van der Waals surface area contributed by atoms with Crippen molar-refractivity contribution in [3.63, 3.8) is 0 Å². The maximum Gasteiger partial charge on any atom is 0.416 e. The van der Waals surface area contributed by atoms with Crippen LogP contribution in [0.4, 0.5) is 13.2 Å². The quantitative estimate of drug-likeness (QED) is 0.923. The van der Waals surface area contributed by atoms with E-state index in [4.69, 9.17) is 0 Å². The van der Waals surface area contributed by atoms with Gasteiger partial charge in [-0.1, -0.05) is 18.2 Å². The van der Waals surface area contributed by atoms with Crippen LogP contribution in [0.25, 0.3) is 0 Å². The van der Waals surface area contributed by atoms with Crippen LogP contribution in [0.1, 0.15) is 41.4 Å². The Hall–Kier alpha value is -1.88. The summed E-state index contributed by atoms with van der Waals surface area (Å²) in [6.07, 6.45) is -1.52. The minimum absolute atomic E-state index is 0.299. The summed E-state index contributed by atoms with van der Waals surface area (Å²) in [6.45, 7) is 1.01. The van der Waals surface area contributed by atoms with Crippen molar-refractivity contribution in [1.29, 1.82) is 0 Å². The molecule has 1 aliphatic rings. The van der Waals surface area contributed by atoms with Gasteiger partial charge in [-0.05, 0) is 49.2 Å². The van der Waals surface area contributed by atoms with E-state index in [2.05, 4.69) is 10.3 Å². The zero-order valence-electron chi connectivity index (χ0n) is 12.0. The number of hydrogen-bond acceptors (Lipinski definition) is 2. The Balaban J connectivity index is 1.74. The lowest BCUT2D eigenvalue weighted by Crippen LogP contribution is -2.14.